The van der Waals surface area contributed by atoms with Gasteiger partial charge in [0.1, 0.15) is 4.21 Å². The molecule has 3 rings (SSSR count). The molecule has 2 aromatic carbocycles. The molecule has 0 aliphatic heterocycles. The second kappa shape index (κ2) is 10.4. The standard InChI is InChI=1S/C22H20FN3O6S2/c1-13-8-9-18(26-34(30,31)19-7-4-10-33-19)16(11-13)21(27)25-24-12-15-5-3-6-17(23)20(15)32-14(2)22(28)29/h3-12,14,26H,1-2H3,(H,25,27)(H,28,29). The number of hydrazone groups is 1. The maximum Gasteiger partial charge on any atom is 0.344 e. The molecule has 0 saturated carbocycles. The maximum absolute atomic E-state index is 14.2. The van der Waals surface area contributed by atoms with Gasteiger partial charge in [-0.1, -0.05) is 23.8 Å². The monoisotopic (exact) mass is 505 g/mol. The molecule has 3 N–H and O–H groups in total. The summed E-state index contributed by atoms with van der Waals surface area (Å²) in [4.78, 5) is 23.8. The fourth-order valence-corrected chi connectivity index (χ4v) is 4.82. The molecular weight excluding hydrogens is 485 g/mol. The van der Waals surface area contributed by atoms with E-state index < -0.39 is 33.8 Å². The number of thiophene rings is 1. The number of benzene rings is 2. The first kappa shape index (κ1) is 24.9. The lowest BCUT2D eigenvalue weighted by Gasteiger charge is -2.13. The van der Waals surface area contributed by atoms with Crippen molar-refractivity contribution in [1.29, 1.82) is 0 Å². The Labute approximate surface area is 198 Å². The van der Waals surface area contributed by atoms with E-state index >= 15 is 0 Å². The van der Waals surface area contributed by atoms with Crippen molar-refractivity contribution in [3.63, 3.8) is 0 Å². The summed E-state index contributed by atoms with van der Waals surface area (Å²) in [5.74, 6) is -3.14. The molecule has 1 amide bonds. The van der Waals surface area contributed by atoms with Crippen LogP contribution in [0, 0.1) is 12.7 Å². The molecule has 1 heterocycles. The molecule has 1 atom stereocenters. The average Bonchev–Trinajstić information content (AvgIpc) is 3.33. The summed E-state index contributed by atoms with van der Waals surface area (Å²) in [5, 5.41) is 14.4. The molecule has 1 aromatic heterocycles. The number of hydrogen-bond acceptors (Lipinski definition) is 7. The third kappa shape index (κ3) is 5.97. The summed E-state index contributed by atoms with van der Waals surface area (Å²) >= 11 is 1.03. The molecule has 12 heteroatoms. The van der Waals surface area contributed by atoms with Gasteiger partial charge >= 0.3 is 5.97 Å². The van der Waals surface area contributed by atoms with E-state index in [1.165, 1.54) is 37.3 Å². The SMILES string of the molecule is Cc1ccc(NS(=O)(=O)c2cccs2)c(C(=O)NN=Cc2cccc(F)c2OC(C)C(=O)O)c1. The zero-order valence-corrected chi connectivity index (χ0v) is 19.6. The number of hydrogen-bond donors (Lipinski definition) is 3. The number of para-hydroxylation sites is 1. The minimum absolute atomic E-state index is 0.0208. The number of halogens is 1. The van der Waals surface area contributed by atoms with Gasteiger partial charge < -0.3 is 9.84 Å². The van der Waals surface area contributed by atoms with E-state index in [-0.39, 0.29) is 26.8 Å². The van der Waals surface area contributed by atoms with E-state index in [0.717, 1.165) is 23.6 Å². The van der Waals surface area contributed by atoms with Gasteiger partial charge in [-0.15, -0.1) is 11.3 Å². The second-order valence-corrected chi connectivity index (χ2v) is 9.90. The van der Waals surface area contributed by atoms with Gasteiger partial charge in [-0.05, 0) is 49.6 Å². The molecule has 34 heavy (non-hydrogen) atoms. The van der Waals surface area contributed by atoms with Crippen LogP contribution in [0.5, 0.6) is 5.75 Å². The number of sulfonamides is 1. The van der Waals surface area contributed by atoms with Gasteiger partial charge in [0.05, 0.1) is 17.5 Å². The highest BCUT2D eigenvalue weighted by Gasteiger charge is 2.20. The van der Waals surface area contributed by atoms with Gasteiger partial charge in [-0.3, -0.25) is 9.52 Å². The molecule has 0 aliphatic rings. The van der Waals surface area contributed by atoms with Crippen molar-refractivity contribution in [1.82, 2.24) is 5.43 Å². The topological polar surface area (TPSA) is 134 Å². The second-order valence-electron chi connectivity index (χ2n) is 7.04. The van der Waals surface area contributed by atoms with Crippen LogP contribution in [0.3, 0.4) is 0 Å². The highest BCUT2D eigenvalue weighted by Crippen LogP contribution is 2.25. The van der Waals surface area contributed by atoms with Crippen molar-refractivity contribution < 1.29 is 32.2 Å². The lowest BCUT2D eigenvalue weighted by Crippen LogP contribution is -2.24. The van der Waals surface area contributed by atoms with E-state index in [1.807, 2.05) is 0 Å². The van der Waals surface area contributed by atoms with Crippen LogP contribution in [0.4, 0.5) is 10.1 Å². The van der Waals surface area contributed by atoms with Crippen molar-refractivity contribution >= 4 is 45.1 Å². The molecule has 9 nitrogen and oxygen atoms in total. The number of carbonyl (C=O) groups excluding carboxylic acids is 1. The summed E-state index contributed by atoms with van der Waals surface area (Å²) in [6, 6.07) is 11.5. The molecule has 3 aromatic rings. The Morgan fingerprint density at radius 2 is 1.97 bits per heavy atom. The predicted molar refractivity (Wildman–Crippen MR) is 125 cm³/mol. The fraction of sp³-hybridized carbons (Fsp3) is 0.136. The van der Waals surface area contributed by atoms with E-state index in [9.17, 15) is 22.4 Å². The molecule has 0 spiro atoms. The third-order valence-corrected chi connectivity index (χ3v) is 7.20. The fourth-order valence-electron chi connectivity index (χ4n) is 2.75. The molecule has 178 valence electrons. The Balaban J connectivity index is 1.82. The van der Waals surface area contributed by atoms with Crippen molar-refractivity contribution in [3.05, 3.63) is 76.4 Å². The predicted octanol–water partition coefficient (Wildman–Crippen LogP) is 3.61. The van der Waals surface area contributed by atoms with Crippen LogP contribution in [0.25, 0.3) is 0 Å². The number of nitrogens with one attached hydrogen (secondary N) is 2. The summed E-state index contributed by atoms with van der Waals surface area (Å²) in [5.41, 5.74) is 3.13. The maximum atomic E-state index is 14.2. The van der Waals surface area contributed by atoms with Crippen LogP contribution >= 0.6 is 11.3 Å². The van der Waals surface area contributed by atoms with Gasteiger partial charge in [0.15, 0.2) is 17.7 Å². The first-order valence-electron chi connectivity index (χ1n) is 9.77. The van der Waals surface area contributed by atoms with Crippen LogP contribution in [-0.4, -0.2) is 37.7 Å². The number of amides is 1. The van der Waals surface area contributed by atoms with Gasteiger partial charge in [0.25, 0.3) is 15.9 Å². The Hall–Kier alpha value is -3.77. The number of aliphatic carboxylic acids is 1. The normalized spacial score (nSPS) is 12.3. The Morgan fingerprint density at radius 3 is 2.65 bits per heavy atom. The first-order valence-corrected chi connectivity index (χ1v) is 12.1. The molecule has 0 bridgehead atoms. The minimum atomic E-state index is -3.89. The number of carbonyl (C=O) groups is 2. The molecule has 0 aliphatic carbocycles. The van der Waals surface area contributed by atoms with E-state index in [0.29, 0.717) is 5.56 Å². The highest BCUT2D eigenvalue weighted by atomic mass is 32.2. The smallest absolute Gasteiger partial charge is 0.344 e. The Bertz CT molecular complexity index is 1340. The van der Waals surface area contributed by atoms with E-state index in [4.69, 9.17) is 9.84 Å². The van der Waals surface area contributed by atoms with Crippen molar-refractivity contribution in [2.75, 3.05) is 4.72 Å². The number of nitrogens with zero attached hydrogens (tertiary/aromatic N) is 1. The Kier molecular flexibility index (Phi) is 7.64. The quantitative estimate of drug-likeness (QED) is 0.300. The van der Waals surface area contributed by atoms with Gasteiger partial charge in [0.2, 0.25) is 0 Å². The third-order valence-electron chi connectivity index (χ3n) is 4.43. The lowest BCUT2D eigenvalue weighted by molar-refractivity contribution is -0.144. The lowest BCUT2D eigenvalue weighted by atomic mass is 10.1. The molecule has 0 fully saturated rings. The number of carboxylic acids is 1. The molecule has 1 unspecified atom stereocenters. The summed E-state index contributed by atoms with van der Waals surface area (Å²) < 4.78 is 47.0. The summed E-state index contributed by atoms with van der Waals surface area (Å²) in [7, 11) is -3.89. The van der Waals surface area contributed by atoms with E-state index in [1.54, 1.807) is 24.4 Å². The van der Waals surface area contributed by atoms with Crippen LogP contribution < -0.4 is 14.9 Å². The van der Waals surface area contributed by atoms with Crippen molar-refractivity contribution in [3.8, 4) is 5.75 Å². The zero-order valence-electron chi connectivity index (χ0n) is 18.0. The van der Waals surface area contributed by atoms with E-state index in [2.05, 4.69) is 15.2 Å². The summed E-state index contributed by atoms with van der Waals surface area (Å²) in [6.45, 7) is 2.98. The van der Waals surface area contributed by atoms with Crippen LogP contribution in [0.1, 0.15) is 28.4 Å². The number of carboxylic acid groups (broad SMARTS) is 1. The largest absolute Gasteiger partial charge is 0.479 e. The number of ether oxygens (including phenoxy) is 1. The van der Waals surface area contributed by atoms with Gasteiger partial charge in [-0.25, -0.2) is 23.0 Å². The van der Waals surface area contributed by atoms with Crippen LogP contribution in [0.2, 0.25) is 0 Å². The van der Waals surface area contributed by atoms with Gasteiger partial charge in [-0.2, -0.15) is 5.10 Å². The molecule has 0 saturated heterocycles. The molecular formula is C22H20FN3O6S2. The number of anilines is 1. The first-order chi connectivity index (χ1) is 16.1. The van der Waals surface area contributed by atoms with Crippen LogP contribution in [-0.2, 0) is 14.8 Å². The van der Waals surface area contributed by atoms with Crippen molar-refractivity contribution in [2.24, 2.45) is 5.10 Å². The zero-order chi connectivity index (χ0) is 24.9. The average molecular weight is 506 g/mol. The number of rotatable bonds is 9. The minimum Gasteiger partial charge on any atom is -0.479 e. The van der Waals surface area contributed by atoms with Gasteiger partial charge in [0, 0.05) is 5.56 Å². The number of aryl methyl sites for hydroxylation is 1. The Morgan fingerprint density at radius 1 is 1.21 bits per heavy atom. The summed E-state index contributed by atoms with van der Waals surface area (Å²) in [6.07, 6.45) is -0.222. The molecule has 0 radical (unpaired) electrons. The van der Waals surface area contributed by atoms with Crippen LogP contribution in [0.15, 0.2) is 63.2 Å². The van der Waals surface area contributed by atoms with Crippen molar-refractivity contribution in [2.45, 2.75) is 24.2 Å². The highest BCUT2D eigenvalue weighted by molar-refractivity contribution is 7.94.